The van der Waals surface area contributed by atoms with Crippen molar-refractivity contribution >= 4 is 16.6 Å². The van der Waals surface area contributed by atoms with Gasteiger partial charge in [-0.1, -0.05) is 30.3 Å². The summed E-state index contributed by atoms with van der Waals surface area (Å²) in [6.45, 7) is 0. The summed E-state index contributed by atoms with van der Waals surface area (Å²) in [6.07, 6.45) is 2.25. The van der Waals surface area contributed by atoms with Crippen LogP contribution in [0, 0.1) is 0 Å². The Kier molecular flexibility index (Phi) is 4.62. The van der Waals surface area contributed by atoms with Crippen molar-refractivity contribution in [3.8, 4) is 0 Å². The van der Waals surface area contributed by atoms with Crippen LogP contribution in [0.2, 0.25) is 0 Å². The summed E-state index contributed by atoms with van der Waals surface area (Å²) >= 11 is 0. The summed E-state index contributed by atoms with van der Waals surface area (Å²) in [5.74, 6) is 0.181. The first-order valence-corrected chi connectivity index (χ1v) is 5.87. The van der Waals surface area contributed by atoms with Crippen LogP contribution in [0.4, 0.5) is 5.82 Å². The number of fused-ring (bicyclic) bond motifs is 1. The number of nitrogens with one attached hydrogen (secondary N) is 2. The van der Waals surface area contributed by atoms with Crippen LogP contribution in [0.5, 0.6) is 0 Å². The third kappa shape index (κ3) is 2.94. The molecule has 3 aromatic rings. The summed E-state index contributed by atoms with van der Waals surface area (Å²) in [6, 6.07) is 10.9. The van der Waals surface area contributed by atoms with Gasteiger partial charge in [-0.3, -0.25) is 9.89 Å². The number of aromatic nitrogens is 3. The van der Waals surface area contributed by atoms with Gasteiger partial charge in [0.1, 0.15) is 0 Å². The third-order valence-electron chi connectivity index (χ3n) is 2.98. The molecule has 97 valence electrons. The van der Waals surface area contributed by atoms with Crippen molar-refractivity contribution < 1.29 is 32.7 Å². The molecule has 0 aliphatic heterocycles. The van der Waals surface area contributed by atoms with Crippen LogP contribution in [0.3, 0.4) is 0 Å². The van der Waals surface area contributed by atoms with Gasteiger partial charge in [-0.05, 0) is 16.8 Å². The number of aromatic amines is 1. The molecule has 0 fully saturated rings. The molecule has 2 heterocycles. The molecule has 1 radical (unpaired) electrons. The number of nitrogens with zero attached hydrogens (tertiary/aromatic N) is 2. The molecule has 2 N–H and O–H groups in total. The smallest absolute Gasteiger partial charge is 0.247 e. The number of H-pyrrole nitrogens is 1. The Morgan fingerprint density at radius 2 is 1.80 bits per heavy atom. The predicted octanol–water partition coefficient (Wildman–Crippen LogP) is 2.59. The first-order valence-electron chi connectivity index (χ1n) is 5.87. The van der Waals surface area contributed by atoms with Crippen molar-refractivity contribution in [2.45, 2.75) is 6.42 Å². The fraction of sp³-hybridized carbons (Fsp3) is 0.0714. The molecule has 0 amide bonds. The molecule has 3 rings (SSSR count). The van der Waals surface area contributed by atoms with Crippen LogP contribution in [-0.4, -0.2) is 15.2 Å². The molecular formula is C14H11N4OY-. The maximum absolute atomic E-state index is 11.0. The summed E-state index contributed by atoms with van der Waals surface area (Å²) in [5.41, 5.74) is 9.38. The van der Waals surface area contributed by atoms with Crippen molar-refractivity contribution in [3.63, 3.8) is 0 Å². The Morgan fingerprint density at radius 1 is 1.05 bits per heavy atom. The SMILES string of the molecule is [NH-]c1nnc(Cc2ccc(=O)[nH]c2)c2ccccc12.[Y]. The van der Waals surface area contributed by atoms with Gasteiger partial charge in [0.05, 0.1) is 5.69 Å². The Labute approximate surface area is 140 Å². The maximum atomic E-state index is 11.0. The summed E-state index contributed by atoms with van der Waals surface area (Å²) in [7, 11) is 0. The van der Waals surface area contributed by atoms with E-state index in [0.29, 0.717) is 6.42 Å². The monoisotopic (exact) mass is 340 g/mol. The van der Waals surface area contributed by atoms with Gasteiger partial charge in [-0.2, -0.15) is 0 Å². The molecule has 0 spiro atoms. The van der Waals surface area contributed by atoms with Crippen LogP contribution in [0.25, 0.3) is 16.5 Å². The van der Waals surface area contributed by atoms with E-state index >= 15 is 0 Å². The van der Waals surface area contributed by atoms with Gasteiger partial charge in [0.15, 0.2) is 0 Å². The molecule has 0 atom stereocenters. The standard InChI is InChI=1S/C14H12N4O.Y/c15-14-11-4-2-1-3-10(11)12(17-18-14)7-9-5-6-13(19)16-8-9;/h1-6,8H,7H2,(H3,15,16,18,19);/p-1. The zero-order valence-electron chi connectivity index (χ0n) is 10.6. The molecule has 2 aromatic heterocycles. The largest absolute Gasteiger partial charge is 0.480 e. The van der Waals surface area contributed by atoms with E-state index < -0.39 is 0 Å². The summed E-state index contributed by atoms with van der Waals surface area (Å²) in [5, 5.41) is 9.67. The first kappa shape index (κ1) is 14.8. The quantitative estimate of drug-likeness (QED) is 0.778. The van der Waals surface area contributed by atoms with E-state index in [0.717, 1.165) is 22.0 Å². The van der Waals surface area contributed by atoms with Crippen LogP contribution in [0.1, 0.15) is 11.3 Å². The van der Waals surface area contributed by atoms with E-state index in [1.807, 2.05) is 24.3 Å². The van der Waals surface area contributed by atoms with Gasteiger partial charge in [0.2, 0.25) is 5.56 Å². The Bertz CT molecular complexity index is 780. The van der Waals surface area contributed by atoms with E-state index in [9.17, 15) is 4.79 Å². The van der Waals surface area contributed by atoms with Crippen LogP contribution >= 0.6 is 0 Å². The minimum atomic E-state index is -0.124. The average molecular weight is 340 g/mol. The number of pyridine rings is 1. The van der Waals surface area contributed by atoms with Crippen LogP contribution in [-0.2, 0) is 39.1 Å². The Hall–Kier alpha value is -1.59. The second-order valence-corrected chi connectivity index (χ2v) is 4.28. The van der Waals surface area contributed by atoms with Gasteiger partial charge in [-0.25, -0.2) is 0 Å². The second kappa shape index (κ2) is 6.24. The molecule has 0 saturated heterocycles. The second-order valence-electron chi connectivity index (χ2n) is 4.28. The summed E-state index contributed by atoms with van der Waals surface area (Å²) < 4.78 is 0. The number of hydrogen-bond donors (Lipinski definition) is 1. The van der Waals surface area contributed by atoms with Crippen LogP contribution in [0.15, 0.2) is 47.4 Å². The van der Waals surface area contributed by atoms with Gasteiger partial charge >= 0.3 is 0 Å². The molecular weight excluding hydrogens is 329 g/mol. The number of rotatable bonds is 2. The Balaban J connectivity index is 0.00000147. The van der Waals surface area contributed by atoms with E-state index in [2.05, 4.69) is 15.2 Å². The van der Waals surface area contributed by atoms with E-state index in [-0.39, 0.29) is 44.1 Å². The van der Waals surface area contributed by atoms with E-state index in [1.165, 1.54) is 6.07 Å². The predicted molar refractivity (Wildman–Crippen MR) is 73.4 cm³/mol. The van der Waals surface area contributed by atoms with Crippen molar-refractivity contribution in [2.75, 3.05) is 0 Å². The third-order valence-corrected chi connectivity index (χ3v) is 2.98. The summed E-state index contributed by atoms with van der Waals surface area (Å²) in [4.78, 5) is 13.7. The molecule has 0 aliphatic rings. The van der Waals surface area contributed by atoms with Gasteiger partial charge in [0.25, 0.3) is 0 Å². The van der Waals surface area contributed by atoms with Crippen molar-refractivity contribution in [2.24, 2.45) is 0 Å². The molecule has 0 unspecified atom stereocenters. The van der Waals surface area contributed by atoms with Gasteiger partial charge in [-0.15, -0.1) is 0 Å². The molecule has 1 aromatic carbocycles. The normalized spacial score (nSPS) is 10.2. The Morgan fingerprint density at radius 3 is 2.50 bits per heavy atom. The zero-order chi connectivity index (χ0) is 13.2. The number of hydrogen-bond acceptors (Lipinski definition) is 3. The number of benzene rings is 1. The fourth-order valence-electron chi connectivity index (χ4n) is 2.04. The molecule has 0 bridgehead atoms. The molecule has 6 heteroatoms. The fourth-order valence-corrected chi connectivity index (χ4v) is 2.04. The maximum Gasteiger partial charge on any atom is 0.247 e. The minimum absolute atomic E-state index is 0. The zero-order valence-corrected chi connectivity index (χ0v) is 13.5. The van der Waals surface area contributed by atoms with Crippen molar-refractivity contribution in [1.29, 1.82) is 0 Å². The molecule has 20 heavy (non-hydrogen) atoms. The first-order chi connectivity index (χ1) is 9.24. The minimum Gasteiger partial charge on any atom is -0.480 e. The molecule has 0 saturated carbocycles. The molecule has 5 nitrogen and oxygen atoms in total. The van der Waals surface area contributed by atoms with E-state index in [1.54, 1.807) is 12.3 Å². The van der Waals surface area contributed by atoms with Gasteiger partial charge < -0.3 is 15.8 Å². The van der Waals surface area contributed by atoms with Crippen LogP contribution < -0.4 is 5.56 Å². The van der Waals surface area contributed by atoms with Gasteiger partial charge in [0, 0.05) is 56.8 Å². The molecule has 0 aliphatic carbocycles. The van der Waals surface area contributed by atoms with Crippen molar-refractivity contribution in [1.82, 2.24) is 15.2 Å². The topological polar surface area (TPSA) is 82.4 Å². The van der Waals surface area contributed by atoms with E-state index in [4.69, 9.17) is 5.73 Å². The average Bonchev–Trinajstić information content (AvgIpc) is 2.45. The van der Waals surface area contributed by atoms with Crippen molar-refractivity contribution in [3.05, 3.63) is 69.9 Å².